The van der Waals surface area contributed by atoms with Crippen LogP contribution in [0.1, 0.15) is 59.7 Å². The fraction of sp³-hybridized carbons (Fsp3) is 0.480. The van der Waals surface area contributed by atoms with Crippen LogP contribution >= 0.6 is 0 Å². The van der Waals surface area contributed by atoms with E-state index in [1.807, 2.05) is 0 Å². The molecule has 11 heteroatoms. The van der Waals surface area contributed by atoms with Gasteiger partial charge in [-0.3, -0.25) is 4.79 Å². The Kier molecular flexibility index (Phi) is 7.66. The van der Waals surface area contributed by atoms with E-state index >= 15 is 0 Å². The van der Waals surface area contributed by atoms with E-state index in [-0.39, 0.29) is 35.5 Å². The summed E-state index contributed by atoms with van der Waals surface area (Å²) in [4.78, 5) is 40.3. The van der Waals surface area contributed by atoms with Gasteiger partial charge >= 0.3 is 6.03 Å². The van der Waals surface area contributed by atoms with Crippen LogP contribution in [-0.4, -0.2) is 58.8 Å². The average molecular weight is 499 g/mol. The number of nitrogens with one attached hydrogen (secondary N) is 1. The maximum atomic E-state index is 13.8. The third-order valence-electron chi connectivity index (χ3n) is 6.83. The van der Waals surface area contributed by atoms with Crippen molar-refractivity contribution in [3.8, 4) is 5.75 Å². The van der Waals surface area contributed by atoms with Crippen LogP contribution in [0, 0.1) is 18.7 Å². The fourth-order valence-corrected chi connectivity index (χ4v) is 4.94. The number of aryl methyl sites for hydroxylation is 1. The minimum atomic E-state index is -0.615. The molecule has 192 valence electrons. The molecule has 1 aliphatic carbocycles. The number of nitrogens with zero attached hydrogens (tertiary/aromatic N) is 4. The number of primary amides is 1. The quantitative estimate of drug-likeness (QED) is 0.603. The summed E-state index contributed by atoms with van der Waals surface area (Å²) in [5.41, 5.74) is 7.55. The molecule has 0 radical (unpaired) electrons. The standard InChI is InChI=1S/C25H31FN6O4/c1-14-29-19(11-21(30-14)24(27)33)20-12-22(36-31-20)16-5-7-17(8-6-16)32(25(34)28-2)13-15-4-9-18(26)23(10-15)35-3/h4,9-11,16-17,22H,5-8,12-13H2,1-3H3,(H2,27,33)(H,28,34). The number of ether oxygens (including phenoxy) is 1. The Morgan fingerprint density at radius 3 is 2.64 bits per heavy atom. The zero-order valence-corrected chi connectivity index (χ0v) is 20.7. The Labute approximate surface area is 209 Å². The van der Waals surface area contributed by atoms with Gasteiger partial charge in [0.1, 0.15) is 23.3 Å². The molecule has 0 saturated heterocycles. The summed E-state index contributed by atoms with van der Waals surface area (Å²) in [6.45, 7) is 2.05. The molecule has 1 unspecified atom stereocenters. The van der Waals surface area contributed by atoms with Crippen molar-refractivity contribution in [1.82, 2.24) is 20.2 Å². The van der Waals surface area contributed by atoms with Crippen LogP contribution in [0.25, 0.3) is 0 Å². The Hall–Kier alpha value is -3.76. The summed E-state index contributed by atoms with van der Waals surface area (Å²) in [7, 11) is 3.03. The Morgan fingerprint density at radius 1 is 1.22 bits per heavy atom. The van der Waals surface area contributed by atoms with E-state index < -0.39 is 11.7 Å². The highest BCUT2D eigenvalue weighted by Gasteiger charge is 2.36. The van der Waals surface area contributed by atoms with E-state index in [1.54, 1.807) is 37.1 Å². The van der Waals surface area contributed by atoms with Crippen LogP contribution in [0.5, 0.6) is 5.75 Å². The van der Waals surface area contributed by atoms with Gasteiger partial charge in [-0.05, 0) is 62.3 Å². The number of halogens is 1. The van der Waals surface area contributed by atoms with Gasteiger partial charge < -0.3 is 25.5 Å². The molecule has 2 heterocycles. The molecule has 1 aromatic carbocycles. The van der Waals surface area contributed by atoms with Crippen LogP contribution in [-0.2, 0) is 11.4 Å². The van der Waals surface area contributed by atoms with Gasteiger partial charge in [-0.25, -0.2) is 19.2 Å². The summed E-state index contributed by atoms with van der Waals surface area (Å²) in [6.07, 6.45) is 3.84. The topological polar surface area (TPSA) is 132 Å². The molecule has 10 nitrogen and oxygen atoms in total. The first-order valence-corrected chi connectivity index (χ1v) is 12.0. The van der Waals surface area contributed by atoms with E-state index in [9.17, 15) is 14.0 Å². The second-order valence-electron chi connectivity index (χ2n) is 9.16. The third kappa shape index (κ3) is 5.55. The van der Waals surface area contributed by atoms with Crippen molar-refractivity contribution in [2.45, 2.75) is 57.7 Å². The molecule has 3 N–H and O–H groups in total. The zero-order chi connectivity index (χ0) is 25.8. The molecule has 1 atom stereocenters. The van der Waals surface area contributed by atoms with Gasteiger partial charge in [-0.1, -0.05) is 11.2 Å². The molecule has 1 fully saturated rings. The fourth-order valence-electron chi connectivity index (χ4n) is 4.94. The third-order valence-corrected chi connectivity index (χ3v) is 6.83. The first-order valence-electron chi connectivity index (χ1n) is 12.0. The van der Waals surface area contributed by atoms with Gasteiger partial charge in [0.2, 0.25) is 0 Å². The molecule has 3 amide bonds. The van der Waals surface area contributed by atoms with Gasteiger partial charge in [-0.2, -0.15) is 0 Å². The summed E-state index contributed by atoms with van der Waals surface area (Å²) < 4.78 is 18.9. The van der Waals surface area contributed by atoms with Crippen LogP contribution in [0.15, 0.2) is 29.4 Å². The van der Waals surface area contributed by atoms with Crippen molar-refractivity contribution in [1.29, 1.82) is 0 Å². The SMILES string of the molecule is CNC(=O)N(Cc1ccc(F)c(OC)c1)C1CCC(C2CC(c3cc(C(N)=O)nc(C)n3)=NO2)CC1. The predicted octanol–water partition coefficient (Wildman–Crippen LogP) is 2.93. The number of carbonyl (C=O) groups excluding carboxylic acids is 2. The number of nitrogens with two attached hydrogens (primary N) is 1. The zero-order valence-electron chi connectivity index (χ0n) is 20.7. The van der Waals surface area contributed by atoms with Crippen molar-refractivity contribution < 1.29 is 23.6 Å². The number of amides is 3. The van der Waals surface area contributed by atoms with E-state index in [0.717, 1.165) is 31.2 Å². The van der Waals surface area contributed by atoms with Gasteiger partial charge in [-0.15, -0.1) is 0 Å². The predicted molar refractivity (Wildman–Crippen MR) is 130 cm³/mol. The highest BCUT2D eigenvalue weighted by molar-refractivity contribution is 6.01. The van der Waals surface area contributed by atoms with E-state index in [2.05, 4.69) is 20.4 Å². The normalized spacial score (nSPS) is 21.3. The number of aromatic nitrogens is 2. The number of oxime groups is 1. The number of hydrogen-bond acceptors (Lipinski definition) is 7. The molecule has 1 aromatic heterocycles. The largest absolute Gasteiger partial charge is 0.494 e. The Balaban J connectivity index is 1.38. The summed E-state index contributed by atoms with van der Waals surface area (Å²) in [5, 5.41) is 6.96. The van der Waals surface area contributed by atoms with Gasteiger partial charge in [0.25, 0.3) is 5.91 Å². The monoisotopic (exact) mass is 498 g/mol. The lowest BCUT2D eigenvalue weighted by molar-refractivity contribution is 0.0163. The van der Waals surface area contributed by atoms with Crippen LogP contribution in [0.4, 0.5) is 9.18 Å². The molecular formula is C25H31FN6O4. The average Bonchev–Trinajstić information content (AvgIpc) is 3.38. The van der Waals surface area contributed by atoms with Crippen LogP contribution < -0.4 is 15.8 Å². The second kappa shape index (κ2) is 10.9. The molecule has 1 saturated carbocycles. The van der Waals surface area contributed by atoms with Crippen molar-refractivity contribution in [3.05, 3.63) is 52.9 Å². The van der Waals surface area contributed by atoms with Gasteiger partial charge in [0.15, 0.2) is 11.6 Å². The van der Waals surface area contributed by atoms with Crippen molar-refractivity contribution in [3.63, 3.8) is 0 Å². The van der Waals surface area contributed by atoms with Crippen LogP contribution in [0.3, 0.4) is 0 Å². The Bertz CT molecular complexity index is 1170. The summed E-state index contributed by atoms with van der Waals surface area (Å²) >= 11 is 0. The van der Waals surface area contributed by atoms with Crippen LogP contribution in [0.2, 0.25) is 0 Å². The lowest BCUT2D eigenvalue weighted by atomic mass is 9.80. The molecular weight excluding hydrogens is 467 g/mol. The lowest BCUT2D eigenvalue weighted by Gasteiger charge is -2.37. The smallest absolute Gasteiger partial charge is 0.317 e. The minimum Gasteiger partial charge on any atom is -0.494 e. The first kappa shape index (κ1) is 25.3. The van der Waals surface area contributed by atoms with Crippen molar-refractivity contribution in [2.24, 2.45) is 16.8 Å². The van der Waals surface area contributed by atoms with Crippen molar-refractivity contribution >= 4 is 17.6 Å². The van der Waals surface area contributed by atoms with E-state index in [1.165, 1.54) is 13.2 Å². The molecule has 1 aliphatic heterocycles. The number of rotatable bonds is 7. The number of carbonyl (C=O) groups is 2. The number of benzene rings is 1. The highest BCUT2D eigenvalue weighted by Crippen LogP contribution is 2.35. The maximum absolute atomic E-state index is 13.8. The molecule has 0 spiro atoms. The molecule has 2 aliphatic rings. The molecule has 0 bridgehead atoms. The molecule has 2 aromatic rings. The number of hydrogen-bond donors (Lipinski definition) is 2. The number of urea groups is 1. The van der Waals surface area contributed by atoms with Crippen molar-refractivity contribution in [2.75, 3.05) is 14.2 Å². The summed E-state index contributed by atoms with van der Waals surface area (Å²) in [5.74, 6) is -0.172. The van der Waals surface area contributed by atoms with Gasteiger partial charge in [0, 0.05) is 26.1 Å². The second-order valence-corrected chi connectivity index (χ2v) is 9.16. The highest BCUT2D eigenvalue weighted by atomic mass is 19.1. The Morgan fingerprint density at radius 2 is 1.97 bits per heavy atom. The van der Waals surface area contributed by atoms with E-state index in [0.29, 0.717) is 30.2 Å². The number of methoxy groups -OCH3 is 1. The molecule has 36 heavy (non-hydrogen) atoms. The summed E-state index contributed by atoms with van der Waals surface area (Å²) in [6, 6.07) is 6.07. The molecule has 4 rings (SSSR count). The van der Waals surface area contributed by atoms with E-state index in [4.69, 9.17) is 15.3 Å². The maximum Gasteiger partial charge on any atom is 0.317 e. The van der Waals surface area contributed by atoms with Gasteiger partial charge in [0.05, 0.1) is 12.8 Å². The first-order chi connectivity index (χ1) is 17.3. The lowest BCUT2D eigenvalue weighted by Crippen LogP contribution is -2.46. The minimum absolute atomic E-state index is 0.0432.